The first-order chi connectivity index (χ1) is 14.8. The van der Waals surface area contributed by atoms with Gasteiger partial charge in [0, 0.05) is 25.2 Å². The van der Waals surface area contributed by atoms with Crippen LogP contribution in [0.3, 0.4) is 0 Å². The second-order valence-electron chi connectivity index (χ2n) is 6.63. The summed E-state index contributed by atoms with van der Waals surface area (Å²) in [6.07, 6.45) is -4.88. The molecule has 170 valence electrons. The predicted octanol–water partition coefficient (Wildman–Crippen LogP) is 6.01. The van der Waals surface area contributed by atoms with E-state index in [1.165, 1.54) is 21.1 Å². The van der Waals surface area contributed by atoms with Gasteiger partial charge in [0.05, 0.1) is 39.4 Å². The van der Waals surface area contributed by atoms with Crippen molar-refractivity contribution in [3.05, 3.63) is 62.3 Å². The van der Waals surface area contributed by atoms with Gasteiger partial charge in [-0.1, -0.05) is 11.6 Å². The molecule has 3 aromatic rings. The lowest BCUT2D eigenvalue weighted by atomic mass is 10.0. The van der Waals surface area contributed by atoms with Gasteiger partial charge in [-0.15, -0.1) is 0 Å². The minimum atomic E-state index is -4.88. The van der Waals surface area contributed by atoms with Crippen LogP contribution in [-0.2, 0) is 13.2 Å². The molecule has 0 bridgehead atoms. The van der Waals surface area contributed by atoms with Crippen LogP contribution in [0.1, 0.15) is 11.3 Å². The number of methoxy groups -OCH3 is 1. The molecule has 0 aliphatic heterocycles. The largest absolute Gasteiger partial charge is 0.497 e. The Morgan fingerprint density at radius 2 is 1.75 bits per heavy atom. The average Bonchev–Trinajstić information content (AvgIpc) is 2.94. The van der Waals surface area contributed by atoms with Crippen molar-refractivity contribution in [2.45, 2.75) is 13.1 Å². The van der Waals surface area contributed by atoms with E-state index in [1.807, 2.05) is 0 Å². The molecule has 1 N–H and O–H groups in total. The van der Waals surface area contributed by atoms with Crippen LogP contribution < -0.4 is 10.1 Å². The number of nitrogens with one attached hydrogen (secondary N) is 1. The molecule has 3 rings (SSSR count). The Labute approximate surface area is 182 Å². The van der Waals surface area contributed by atoms with Gasteiger partial charge in [-0.25, -0.2) is 8.78 Å². The second kappa shape index (κ2) is 8.26. The van der Waals surface area contributed by atoms with Crippen molar-refractivity contribution in [2.24, 2.45) is 7.05 Å². The Morgan fingerprint density at radius 3 is 2.25 bits per heavy atom. The minimum absolute atomic E-state index is 0.0822. The van der Waals surface area contributed by atoms with Crippen molar-refractivity contribution >= 4 is 28.8 Å². The predicted molar refractivity (Wildman–Crippen MR) is 106 cm³/mol. The molecule has 0 unspecified atom stereocenters. The summed E-state index contributed by atoms with van der Waals surface area (Å²) in [6.45, 7) is 1.44. The topological polar surface area (TPSA) is 82.2 Å². The van der Waals surface area contributed by atoms with E-state index < -0.39 is 50.3 Å². The molecule has 1 heterocycles. The molecule has 0 radical (unpaired) electrons. The Morgan fingerprint density at radius 1 is 1.16 bits per heavy atom. The summed E-state index contributed by atoms with van der Waals surface area (Å²) in [4.78, 5) is 10.4. The van der Waals surface area contributed by atoms with Crippen LogP contribution in [0.4, 0.5) is 39.1 Å². The van der Waals surface area contributed by atoms with E-state index in [0.717, 1.165) is 16.8 Å². The molecule has 1 aromatic heterocycles. The van der Waals surface area contributed by atoms with E-state index in [0.29, 0.717) is 12.1 Å². The second-order valence-corrected chi connectivity index (χ2v) is 7.04. The van der Waals surface area contributed by atoms with Crippen molar-refractivity contribution in [2.75, 3.05) is 12.4 Å². The molecule has 0 saturated heterocycles. The third kappa shape index (κ3) is 4.17. The molecular weight excluding hydrogens is 463 g/mol. The zero-order chi connectivity index (χ0) is 24.0. The highest BCUT2D eigenvalue weighted by Gasteiger charge is 2.35. The highest BCUT2D eigenvalue weighted by Crippen LogP contribution is 2.43. The molecule has 0 saturated carbocycles. The fourth-order valence-electron chi connectivity index (χ4n) is 3.15. The summed E-state index contributed by atoms with van der Waals surface area (Å²) in [5, 5.41) is 17.4. The fraction of sp³-hybridized carbons (Fsp3) is 0.211. The lowest BCUT2D eigenvalue weighted by molar-refractivity contribution is -0.384. The number of hydrogen-bond acceptors (Lipinski definition) is 5. The number of anilines is 2. The molecule has 7 nitrogen and oxygen atoms in total. The molecule has 0 amide bonds. The van der Waals surface area contributed by atoms with Gasteiger partial charge >= 0.3 is 6.18 Å². The lowest BCUT2D eigenvalue weighted by Crippen LogP contribution is -2.09. The van der Waals surface area contributed by atoms with Gasteiger partial charge in [-0.2, -0.15) is 18.3 Å². The van der Waals surface area contributed by atoms with E-state index in [2.05, 4.69) is 10.4 Å². The zero-order valence-corrected chi connectivity index (χ0v) is 17.4. The van der Waals surface area contributed by atoms with E-state index >= 15 is 0 Å². The van der Waals surface area contributed by atoms with Gasteiger partial charge in [0.1, 0.15) is 28.9 Å². The van der Waals surface area contributed by atoms with Crippen LogP contribution in [0, 0.1) is 28.7 Å². The van der Waals surface area contributed by atoms with Crippen molar-refractivity contribution in [1.29, 1.82) is 0 Å². The van der Waals surface area contributed by atoms with E-state index in [4.69, 9.17) is 16.3 Å². The maximum Gasteiger partial charge on any atom is 0.416 e. The summed E-state index contributed by atoms with van der Waals surface area (Å²) < 4.78 is 74.6. The molecule has 0 aliphatic rings. The van der Waals surface area contributed by atoms with Crippen molar-refractivity contribution in [3.63, 3.8) is 0 Å². The molecule has 13 heteroatoms. The van der Waals surface area contributed by atoms with Crippen LogP contribution in [0.2, 0.25) is 5.02 Å². The summed E-state index contributed by atoms with van der Waals surface area (Å²) in [5.41, 5.74) is -3.27. The van der Waals surface area contributed by atoms with Gasteiger partial charge in [0.2, 0.25) is 0 Å². The zero-order valence-electron chi connectivity index (χ0n) is 16.6. The van der Waals surface area contributed by atoms with Crippen LogP contribution in [0.15, 0.2) is 24.3 Å². The fourth-order valence-corrected chi connectivity index (χ4v) is 3.41. The standard InChI is InChI=1S/C19H14ClF5N4O3/c1-8-15(16-12(21)6-10(32-3)7-13(16)22)18(28(2)27-8)26-17-11(20)4-9(19(23,24)25)5-14(17)29(30)31/h4-7,26H,1-3H3. The highest BCUT2D eigenvalue weighted by atomic mass is 35.5. The Kier molecular flexibility index (Phi) is 6.00. The Bertz CT molecular complexity index is 1200. The number of rotatable bonds is 5. The number of hydrogen-bond donors (Lipinski definition) is 1. The summed E-state index contributed by atoms with van der Waals surface area (Å²) in [7, 11) is 2.60. The molecule has 0 atom stereocenters. The van der Waals surface area contributed by atoms with E-state index in [9.17, 15) is 32.1 Å². The maximum atomic E-state index is 14.7. The molecule has 0 aliphatic carbocycles. The minimum Gasteiger partial charge on any atom is -0.497 e. The number of alkyl halides is 3. The van der Waals surface area contributed by atoms with Crippen LogP contribution >= 0.6 is 11.6 Å². The molecular formula is C19H14ClF5N4O3. The number of ether oxygens (including phenoxy) is 1. The Balaban J connectivity index is 2.23. The van der Waals surface area contributed by atoms with Crippen LogP contribution in [-0.4, -0.2) is 21.8 Å². The van der Waals surface area contributed by atoms with E-state index in [-0.39, 0.29) is 22.8 Å². The first-order valence-corrected chi connectivity index (χ1v) is 9.12. The monoisotopic (exact) mass is 476 g/mol. The van der Waals surface area contributed by atoms with Crippen molar-refractivity contribution in [1.82, 2.24) is 9.78 Å². The molecule has 0 fully saturated rings. The third-order valence-corrected chi connectivity index (χ3v) is 4.86. The molecule has 0 spiro atoms. The van der Waals surface area contributed by atoms with Gasteiger partial charge in [-0.05, 0) is 13.0 Å². The quantitative estimate of drug-likeness (QED) is 0.277. The van der Waals surface area contributed by atoms with Gasteiger partial charge in [0.25, 0.3) is 5.69 Å². The summed E-state index contributed by atoms with van der Waals surface area (Å²) >= 11 is 5.93. The number of nitro benzene ring substituents is 1. The molecule has 2 aromatic carbocycles. The van der Waals surface area contributed by atoms with Crippen molar-refractivity contribution in [3.8, 4) is 16.9 Å². The van der Waals surface area contributed by atoms with Gasteiger partial charge in [-0.3, -0.25) is 14.8 Å². The highest BCUT2D eigenvalue weighted by molar-refractivity contribution is 6.34. The number of benzene rings is 2. The number of nitrogens with zero attached hydrogens (tertiary/aromatic N) is 3. The first kappa shape index (κ1) is 23.3. The van der Waals surface area contributed by atoms with Crippen LogP contribution in [0.25, 0.3) is 11.1 Å². The average molecular weight is 477 g/mol. The summed E-state index contributed by atoms with van der Waals surface area (Å²) in [6, 6.07) is 2.68. The lowest BCUT2D eigenvalue weighted by Gasteiger charge is -2.15. The normalized spacial score (nSPS) is 11.5. The summed E-state index contributed by atoms with van der Waals surface area (Å²) in [5.74, 6) is -2.22. The van der Waals surface area contributed by atoms with Crippen LogP contribution in [0.5, 0.6) is 5.75 Å². The van der Waals surface area contributed by atoms with E-state index in [1.54, 1.807) is 0 Å². The number of aromatic nitrogens is 2. The smallest absolute Gasteiger partial charge is 0.416 e. The van der Waals surface area contributed by atoms with Gasteiger partial charge in [0.15, 0.2) is 0 Å². The van der Waals surface area contributed by atoms with Crippen molar-refractivity contribution < 1.29 is 31.6 Å². The molecule has 32 heavy (non-hydrogen) atoms. The third-order valence-electron chi connectivity index (χ3n) is 4.56. The SMILES string of the molecule is COc1cc(F)c(-c2c(C)nn(C)c2Nc2c(Cl)cc(C(F)(F)F)cc2[N+](=O)[O-])c(F)c1. The number of halogens is 6. The van der Waals surface area contributed by atoms with Gasteiger partial charge < -0.3 is 10.1 Å². The number of aryl methyl sites for hydroxylation is 2. The first-order valence-electron chi connectivity index (χ1n) is 8.74. The maximum absolute atomic E-state index is 14.7. The Hall–Kier alpha value is -3.41. The number of nitro groups is 1.